The van der Waals surface area contributed by atoms with Gasteiger partial charge in [0.1, 0.15) is 5.78 Å². The van der Waals surface area contributed by atoms with Crippen molar-refractivity contribution in [1.82, 2.24) is 0 Å². The first-order valence-electron chi connectivity index (χ1n) is 5.36. The van der Waals surface area contributed by atoms with Crippen LogP contribution < -0.4 is 0 Å². The van der Waals surface area contributed by atoms with Crippen LogP contribution in [0.4, 0.5) is 0 Å². The summed E-state index contributed by atoms with van der Waals surface area (Å²) >= 11 is 0. The standard InChI is InChI=1S/C11H18O2/c1-9(12)11(6-7-11)5-4-10-3-2-8-13-10/h10H,2-8H2,1H3. The SMILES string of the molecule is CC(=O)C1(CCC2CCCO2)CC1. The van der Waals surface area contributed by atoms with Gasteiger partial charge in [-0.15, -0.1) is 0 Å². The summed E-state index contributed by atoms with van der Waals surface area (Å²) in [5.41, 5.74) is 0.0892. The van der Waals surface area contributed by atoms with Crippen molar-refractivity contribution in [3.63, 3.8) is 0 Å². The Kier molecular flexibility index (Phi) is 2.41. The fourth-order valence-corrected chi connectivity index (χ4v) is 2.24. The van der Waals surface area contributed by atoms with Crippen LogP contribution >= 0.6 is 0 Å². The number of hydrogen-bond donors (Lipinski definition) is 0. The second-order valence-corrected chi connectivity index (χ2v) is 4.51. The highest BCUT2D eigenvalue weighted by Gasteiger charge is 2.46. The van der Waals surface area contributed by atoms with Gasteiger partial charge in [0.2, 0.25) is 0 Å². The van der Waals surface area contributed by atoms with Crippen LogP contribution in [0.1, 0.15) is 45.4 Å². The topological polar surface area (TPSA) is 26.3 Å². The summed E-state index contributed by atoms with van der Waals surface area (Å²) in [6, 6.07) is 0. The number of Topliss-reactive ketones (excluding diaryl/α,β-unsaturated/α-hetero) is 1. The molecule has 1 aliphatic carbocycles. The number of carbonyl (C=O) groups excluding carboxylic acids is 1. The van der Waals surface area contributed by atoms with Crippen molar-refractivity contribution in [1.29, 1.82) is 0 Å². The third kappa shape index (κ3) is 1.93. The number of ketones is 1. The van der Waals surface area contributed by atoms with Crippen LogP contribution in [0.25, 0.3) is 0 Å². The second-order valence-electron chi connectivity index (χ2n) is 4.51. The molecule has 1 atom stereocenters. The lowest BCUT2D eigenvalue weighted by Gasteiger charge is -2.14. The molecule has 1 saturated heterocycles. The monoisotopic (exact) mass is 182 g/mol. The Morgan fingerprint density at radius 1 is 1.54 bits per heavy atom. The molecule has 0 aromatic rings. The van der Waals surface area contributed by atoms with E-state index in [4.69, 9.17) is 4.74 Å². The Hall–Kier alpha value is -0.370. The molecule has 0 aromatic carbocycles. The molecule has 1 aliphatic heterocycles. The summed E-state index contributed by atoms with van der Waals surface area (Å²) < 4.78 is 5.54. The number of hydrogen-bond acceptors (Lipinski definition) is 2. The van der Waals surface area contributed by atoms with Gasteiger partial charge < -0.3 is 4.74 Å². The smallest absolute Gasteiger partial charge is 0.135 e. The summed E-state index contributed by atoms with van der Waals surface area (Å²) in [6.45, 7) is 2.67. The Balaban J connectivity index is 1.75. The van der Waals surface area contributed by atoms with Crippen LogP contribution in [0.5, 0.6) is 0 Å². The average Bonchev–Trinajstić information content (AvgIpc) is 2.73. The molecule has 0 radical (unpaired) electrons. The number of rotatable bonds is 4. The molecule has 1 saturated carbocycles. The van der Waals surface area contributed by atoms with Gasteiger partial charge in [-0.3, -0.25) is 4.79 Å². The molecule has 2 heteroatoms. The van der Waals surface area contributed by atoms with Gasteiger partial charge >= 0.3 is 0 Å². The molecule has 2 nitrogen and oxygen atoms in total. The van der Waals surface area contributed by atoms with Crippen LogP contribution in [0.3, 0.4) is 0 Å². The number of carbonyl (C=O) groups is 1. The van der Waals surface area contributed by atoms with Gasteiger partial charge in [0, 0.05) is 12.0 Å². The molecule has 2 aliphatic rings. The van der Waals surface area contributed by atoms with Gasteiger partial charge in [0.05, 0.1) is 6.10 Å². The molecule has 74 valence electrons. The Labute approximate surface area is 79.7 Å². The summed E-state index contributed by atoms with van der Waals surface area (Å²) in [7, 11) is 0. The van der Waals surface area contributed by atoms with Crippen molar-refractivity contribution in [2.75, 3.05) is 6.61 Å². The largest absolute Gasteiger partial charge is 0.378 e. The number of ether oxygens (including phenoxy) is 1. The zero-order chi connectivity index (χ0) is 9.31. The molecule has 1 heterocycles. The highest BCUT2D eigenvalue weighted by Crippen LogP contribution is 2.50. The Morgan fingerprint density at radius 2 is 2.31 bits per heavy atom. The Bertz CT molecular complexity index is 200. The quantitative estimate of drug-likeness (QED) is 0.667. The first-order valence-corrected chi connectivity index (χ1v) is 5.36. The second kappa shape index (κ2) is 3.41. The van der Waals surface area contributed by atoms with Crippen molar-refractivity contribution in [2.24, 2.45) is 5.41 Å². The molecule has 1 unspecified atom stereocenters. The van der Waals surface area contributed by atoms with E-state index in [1.165, 1.54) is 12.8 Å². The summed E-state index contributed by atoms with van der Waals surface area (Å²) in [5, 5.41) is 0. The van der Waals surface area contributed by atoms with E-state index in [1.54, 1.807) is 6.92 Å². The van der Waals surface area contributed by atoms with Gasteiger partial charge in [-0.25, -0.2) is 0 Å². The molecule has 0 aromatic heterocycles. The zero-order valence-electron chi connectivity index (χ0n) is 8.34. The van der Waals surface area contributed by atoms with Crippen LogP contribution in [0.2, 0.25) is 0 Å². The van der Waals surface area contributed by atoms with Crippen LogP contribution in [-0.2, 0) is 9.53 Å². The fourth-order valence-electron chi connectivity index (χ4n) is 2.24. The van der Waals surface area contributed by atoms with Crippen LogP contribution in [0, 0.1) is 5.41 Å². The fraction of sp³-hybridized carbons (Fsp3) is 0.909. The summed E-state index contributed by atoms with van der Waals surface area (Å²) in [6.07, 6.45) is 7.26. The minimum absolute atomic E-state index is 0.0892. The maximum atomic E-state index is 11.3. The molecule has 0 bridgehead atoms. The van der Waals surface area contributed by atoms with E-state index in [-0.39, 0.29) is 5.41 Å². The molecule has 13 heavy (non-hydrogen) atoms. The average molecular weight is 182 g/mol. The van der Waals surface area contributed by atoms with Crippen molar-refractivity contribution in [2.45, 2.75) is 51.6 Å². The van der Waals surface area contributed by atoms with Crippen molar-refractivity contribution in [3.05, 3.63) is 0 Å². The van der Waals surface area contributed by atoms with Gasteiger partial charge in [-0.2, -0.15) is 0 Å². The van der Waals surface area contributed by atoms with Gasteiger partial charge in [0.15, 0.2) is 0 Å². The maximum absolute atomic E-state index is 11.3. The van der Waals surface area contributed by atoms with Crippen molar-refractivity contribution in [3.8, 4) is 0 Å². The van der Waals surface area contributed by atoms with Gasteiger partial charge in [-0.05, 0) is 45.4 Å². The predicted octanol–water partition coefficient (Wildman–Crippen LogP) is 2.31. The maximum Gasteiger partial charge on any atom is 0.135 e. The van der Waals surface area contributed by atoms with E-state index < -0.39 is 0 Å². The van der Waals surface area contributed by atoms with Crippen molar-refractivity contribution >= 4 is 5.78 Å². The Morgan fingerprint density at radius 3 is 2.77 bits per heavy atom. The molecule has 0 N–H and O–H groups in total. The van der Waals surface area contributed by atoms with E-state index in [0.29, 0.717) is 11.9 Å². The van der Waals surface area contributed by atoms with Crippen molar-refractivity contribution < 1.29 is 9.53 Å². The molecular weight excluding hydrogens is 164 g/mol. The molecule has 0 spiro atoms. The molecule has 2 rings (SSSR count). The lowest BCUT2D eigenvalue weighted by Crippen LogP contribution is -2.15. The lowest BCUT2D eigenvalue weighted by atomic mass is 9.93. The minimum atomic E-state index is 0.0892. The predicted molar refractivity (Wildman–Crippen MR) is 50.6 cm³/mol. The summed E-state index contributed by atoms with van der Waals surface area (Å²) in [4.78, 5) is 11.3. The van der Waals surface area contributed by atoms with Gasteiger partial charge in [0.25, 0.3) is 0 Å². The normalized spacial score (nSPS) is 30.4. The third-order valence-electron chi connectivity index (χ3n) is 3.57. The first-order chi connectivity index (χ1) is 6.23. The zero-order valence-corrected chi connectivity index (χ0v) is 8.34. The van der Waals surface area contributed by atoms with Gasteiger partial charge in [-0.1, -0.05) is 0 Å². The summed E-state index contributed by atoms with van der Waals surface area (Å²) in [5.74, 6) is 0.394. The minimum Gasteiger partial charge on any atom is -0.378 e. The van der Waals surface area contributed by atoms with E-state index in [1.807, 2.05) is 0 Å². The van der Waals surface area contributed by atoms with E-state index in [2.05, 4.69) is 0 Å². The molecule has 2 fully saturated rings. The molecule has 0 amide bonds. The van der Waals surface area contributed by atoms with E-state index >= 15 is 0 Å². The van der Waals surface area contributed by atoms with E-state index in [0.717, 1.165) is 32.3 Å². The lowest BCUT2D eigenvalue weighted by molar-refractivity contribution is -0.122. The van der Waals surface area contributed by atoms with Crippen LogP contribution in [-0.4, -0.2) is 18.5 Å². The van der Waals surface area contributed by atoms with Crippen LogP contribution in [0.15, 0.2) is 0 Å². The third-order valence-corrected chi connectivity index (χ3v) is 3.57. The highest BCUT2D eigenvalue weighted by atomic mass is 16.5. The van der Waals surface area contributed by atoms with E-state index in [9.17, 15) is 4.79 Å². The highest BCUT2D eigenvalue weighted by molar-refractivity contribution is 5.84. The molecular formula is C11H18O2. The first kappa shape index (κ1) is 9.20.